The number of piperidine rings is 1. The average Bonchev–Trinajstić information content (AvgIpc) is 3.24. The largest absolute Gasteiger partial charge is 0.367 e. The molecule has 1 saturated heterocycles. The first-order valence-electron chi connectivity index (χ1n) is 10.1. The van der Waals surface area contributed by atoms with Gasteiger partial charge in [-0.1, -0.05) is 47.6 Å². The second-order valence-corrected chi connectivity index (χ2v) is 7.49. The molecule has 0 bridgehead atoms. The van der Waals surface area contributed by atoms with Crippen LogP contribution in [0.15, 0.2) is 59.1 Å². The van der Waals surface area contributed by atoms with E-state index < -0.39 is 0 Å². The average molecular weight is 409 g/mol. The SMILES string of the molecule is O=C(Cc1cccc(F)c1)N1CCC(c2noc(COCc3ccccc3)n2)CC1. The van der Waals surface area contributed by atoms with Crippen molar-refractivity contribution in [2.75, 3.05) is 13.1 Å². The molecule has 3 aromatic rings. The molecule has 7 heteroatoms. The Morgan fingerprint density at radius 3 is 2.60 bits per heavy atom. The van der Waals surface area contributed by atoms with E-state index in [0.29, 0.717) is 37.0 Å². The fourth-order valence-corrected chi connectivity index (χ4v) is 3.64. The maximum Gasteiger partial charge on any atom is 0.252 e. The Morgan fingerprint density at radius 2 is 1.83 bits per heavy atom. The number of rotatable bonds is 7. The van der Waals surface area contributed by atoms with Crippen LogP contribution in [-0.2, 0) is 29.2 Å². The molecule has 0 spiro atoms. The lowest BCUT2D eigenvalue weighted by Crippen LogP contribution is -2.39. The van der Waals surface area contributed by atoms with Crippen molar-refractivity contribution in [3.63, 3.8) is 0 Å². The molecule has 0 saturated carbocycles. The van der Waals surface area contributed by atoms with Gasteiger partial charge in [0.15, 0.2) is 5.82 Å². The summed E-state index contributed by atoms with van der Waals surface area (Å²) in [6.07, 6.45) is 1.77. The Hall–Kier alpha value is -3.06. The summed E-state index contributed by atoms with van der Waals surface area (Å²) in [5.74, 6) is 0.993. The van der Waals surface area contributed by atoms with Crippen LogP contribution < -0.4 is 0 Å². The Kier molecular flexibility index (Phi) is 6.49. The van der Waals surface area contributed by atoms with E-state index in [0.717, 1.165) is 18.4 Å². The highest BCUT2D eigenvalue weighted by molar-refractivity contribution is 5.78. The van der Waals surface area contributed by atoms with Crippen LogP contribution >= 0.6 is 0 Å². The van der Waals surface area contributed by atoms with E-state index in [1.165, 1.54) is 12.1 Å². The van der Waals surface area contributed by atoms with Crippen molar-refractivity contribution in [3.05, 3.63) is 83.3 Å². The number of benzene rings is 2. The molecule has 1 aromatic heterocycles. The van der Waals surface area contributed by atoms with Crippen molar-refractivity contribution in [1.29, 1.82) is 0 Å². The van der Waals surface area contributed by atoms with Crippen LogP contribution in [0.25, 0.3) is 0 Å². The van der Waals surface area contributed by atoms with Gasteiger partial charge in [-0.15, -0.1) is 0 Å². The maximum absolute atomic E-state index is 13.3. The first-order valence-corrected chi connectivity index (χ1v) is 10.1. The molecule has 0 radical (unpaired) electrons. The van der Waals surface area contributed by atoms with E-state index in [-0.39, 0.29) is 30.7 Å². The summed E-state index contributed by atoms with van der Waals surface area (Å²) in [6.45, 7) is 2.03. The van der Waals surface area contributed by atoms with Crippen LogP contribution in [0, 0.1) is 5.82 Å². The number of carbonyl (C=O) groups is 1. The number of likely N-dealkylation sites (tertiary alicyclic amines) is 1. The number of carbonyl (C=O) groups excluding carboxylic acids is 1. The van der Waals surface area contributed by atoms with E-state index in [1.54, 1.807) is 12.1 Å². The van der Waals surface area contributed by atoms with Gasteiger partial charge in [0.25, 0.3) is 5.89 Å². The second-order valence-electron chi connectivity index (χ2n) is 7.49. The summed E-state index contributed by atoms with van der Waals surface area (Å²) < 4.78 is 24.3. The van der Waals surface area contributed by atoms with E-state index >= 15 is 0 Å². The topological polar surface area (TPSA) is 68.5 Å². The van der Waals surface area contributed by atoms with Crippen molar-refractivity contribution in [1.82, 2.24) is 15.0 Å². The van der Waals surface area contributed by atoms with Gasteiger partial charge in [0.2, 0.25) is 5.91 Å². The lowest BCUT2D eigenvalue weighted by Gasteiger charge is -2.30. The second kappa shape index (κ2) is 9.63. The van der Waals surface area contributed by atoms with Gasteiger partial charge in [-0.25, -0.2) is 4.39 Å². The van der Waals surface area contributed by atoms with Crippen LogP contribution in [0.2, 0.25) is 0 Å². The molecule has 0 unspecified atom stereocenters. The number of hydrogen-bond donors (Lipinski definition) is 0. The standard InChI is InChI=1S/C23H24FN3O3/c24-20-8-4-7-18(13-20)14-22(28)27-11-9-19(10-12-27)23-25-21(30-26-23)16-29-15-17-5-2-1-3-6-17/h1-8,13,19H,9-12,14-16H2. The van der Waals surface area contributed by atoms with Gasteiger partial charge in [-0.05, 0) is 36.1 Å². The van der Waals surface area contributed by atoms with Gasteiger partial charge in [0.05, 0.1) is 13.0 Å². The molecule has 0 aliphatic carbocycles. The smallest absolute Gasteiger partial charge is 0.252 e. The molecular weight excluding hydrogens is 385 g/mol. The van der Waals surface area contributed by atoms with Crippen LogP contribution in [-0.4, -0.2) is 34.0 Å². The summed E-state index contributed by atoms with van der Waals surface area (Å²) in [7, 11) is 0. The third kappa shape index (κ3) is 5.30. The molecule has 1 aliphatic rings. The number of hydrogen-bond acceptors (Lipinski definition) is 5. The van der Waals surface area contributed by atoms with Gasteiger partial charge in [0, 0.05) is 19.0 Å². The summed E-state index contributed by atoms with van der Waals surface area (Å²) in [6, 6.07) is 16.1. The molecule has 30 heavy (non-hydrogen) atoms. The van der Waals surface area contributed by atoms with Gasteiger partial charge in [0.1, 0.15) is 12.4 Å². The zero-order valence-corrected chi connectivity index (χ0v) is 16.7. The molecule has 0 N–H and O–H groups in total. The zero-order valence-electron chi connectivity index (χ0n) is 16.7. The predicted octanol–water partition coefficient (Wildman–Crippen LogP) is 3.87. The molecule has 2 aromatic carbocycles. The lowest BCUT2D eigenvalue weighted by atomic mass is 9.95. The molecule has 4 rings (SSSR count). The summed E-state index contributed by atoms with van der Waals surface area (Å²) in [5, 5.41) is 4.10. The number of nitrogens with zero attached hydrogens (tertiary/aromatic N) is 3. The van der Waals surface area contributed by atoms with Crippen molar-refractivity contribution < 1.29 is 18.4 Å². The zero-order chi connectivity index (χ0) is 20.8. The van der Waals surface area contributed by atoms with Gasteiger partial charge in [-0.3, -0.25) is 4.79 Å². The molecule has 2 heterocycles. The van der Waals surface area contributed by atoms with Crippen LogP contribution in [0.1, 0.15) is 41.6 Å². The van der Waals surface area contributed by atoms with Gasteiger partial charge in [-0.2, -0.15) is 4.98 Å². The Bertz CT molecular complexity index is 969. The number of aromatic nitrogens is 2. The number of halogens is 1. The minimum atomic E-state index is -0.320. The minimum Gasteiger partial charge on any atom is -0.367 e. The van der Waals surface area contributed by atoms with Crippen LogP contribution in [0.3, 0.4) is 0 Å². The predicted molar refractivity (Wildman–Crippen MR) is 108 cm³/mol. The van der Waals surface area contributed by atoms with E-state index in [1.807, 2.05) is 35.2 Å². The molecule has 1 aliphatic heterocycles. The maximum atomic E-state index is 13.3. The van der Waals surface area contributed by atoms with E-state index in [2.05, 4.69) is 10.1 Å². The highest BCUT2D eigenvalue weighted by Crippen LogP contribution is 2.26. The van der Waals surface area contributed by atoms with E-state index in [4.69, 9.17) is 9.26 Å². The third-order valence-corrected chi connectivity index (χ3v) is 5.28. The molecule has 1 fully saturated rings. The van der Waals surface area contributed by atoms with E-state index in [9.17, 15) is 9.18 Å². The van der Waals surface area contributed by atoms with Crippen molar-refractivity contribution in [2.24, 2.45) is 0 Å². The summed E-state index contributed by atoms with van der Waals surface area (Å²) in [4.78, 5) is 18.8. The monoisotopic (exact) mass is 409 g/mol. The van der Waals surface area contributed by atoms with Gasteiger partial charge >= 0.3 is 0 Å². The van der Waals surface area contributed by atoms with Gasteiger partial charge < -0.3 is 14.2 Å². The minimum absolute atomic E-state index is 0.0159. The van der Waals surface area contributed by atoms with Crippen molar-refractivity contribution >= 4 is 5.91 Å². The molecule has 156 valence electrons. The Labute approximate surface area is 174 Å². The summed E-state index contributed by atoms with van der Waals surface area (Å²) >= 11 is 0. The first kappa shape index (κ1) is 20.2. The Balaban J connectivity index is 1.23. The van der Waals surface area contributed by atoms with Crippen LogP contribution in [0.5, 0.6) is 0 Å². The highest BCUT2D eigenvalue weighted by Gasteiger charge is 2.27. The molecule has 6 nitrogen and oxygen atoms in total. The van der Waals surface area contributed by atoms with Crippen molar-refractivity contribution in [2.45, 2.75) is 38.4 Å². The first-order chi connectivity index (χ1) is 14.7. The van der Waals surface area contributed by atoms with Crippen molar-refractivity contribution in [3.8, 4) is 0 Å². The summed E-state index contributed by atoms with van der Waals surface area (Å²) in [5.41, 5.74) is 1.79. The fourth-order valence-electron chi connectivity index (χ4n) is 3.64. The normalized spacial score (nSPS) is 14.8. The van der Waals surface area contributed by atoms with Crippen LogP contribution in [0.4, 0.5) is 4.39 Å². The third-order valence-electron chi connectivity index (χ3n) is 5.28. The number of ether oxygens (including phenoxy) is 1. The molecule has 0 atom stereocenters. The molecular formula is C23H24FN3O3. The fraction of sp³-hybridized carbons (Fsp3) is 0.348. The Morgan fingerprint density at radius 1 is 1.07 bits per heavy atom. The lowest BCUT2D eigenvalue weighted by molar-refractivity contribution is -0.131. The molecule has 1 amide bonds. The number of amides is 1. The quantitative estimate of drug-likeness (QED) is 0.593. The highest BCUT2D eigenvalue weighted by atomic mass is 19.1.